The average molecular weight is 223 g/mol. The first kappa shape index (κ1) is 13.9. The molecule has 0 heterocycles. The minimum Gasteiger partial charge on any atom is -0.372 e. The molecule has 0 saturated carbocycles. The van der Waals surface area contributed by atoms with Crippen LogP contribution in [0.5, 0.6) is 0 Å². The summed E-state index contributed by atoms with van der Waals surface area (Å²) in [6.45, 7) is 8.00. The van der Waals surface area contributed by atoms with Gasteiger partial charge < -0.3 is 4.74 Å². The Labute approximate surface area is 87.3 Å². The van der Waals surface area contributed by atoms with E-state index in [1.165, 1.54) is 10.6 Å². The molecule has 0 N–H and O–H groups in total. The highest BCUT2D eigenvalue weighted by atomic mass is 32.2. The lowest BCUT2D eigenvalue weighted by Gasteiger charge is -2.31. The summed E-state index contributed by atoms with van der Waals surface area (Å²) in [6, 6.07) is 0. The van der Waals surface area contributed by atoms with Crippen LogP contribution in [0.3, 0.4) is 0 Å². The van der Waals surface area contributed by atoms with Crippen molar-refractivity contribution in [2.75, 3.05) is 19.8 Å². The van der Waals surface area contributed by atoms with Gasteiger partial charge in [-0.1, -0.05) is 0 Å². The summed E-state index contributed by atoms with van der Waals surface area (Å²) in [5.41, 5.74) is -0.452. The van der Waals surface area contributed by atoms with E-state index in [2.05, 4.69) is 0 Å². The van der Waals surface area contributed by atoms with Gasteiger partial charge in [-0.3, -0.25) is 0 Å². The van der Waals surface area contributed by atoms with Crippen LogP contribution < -0.4 is 0 Å². The van der Waals surface area contributed by atoms with Gasteiger partial charge in [0.2, 0.25) is 10.0 Å². The molecule has 0 saturated heterocycles. The van der Waals surface area contributed by atoms with E-state index in [1.807, 2.05) is 27.7 Å². The van der Waals surface area contributed by atoms with E-state index in [0.29, 0.717) is 6.54 Å². The molecule has 0 aromatic rings. The largest absolute Gasteiger partial charge is 0.372 e. The highest BCUT2D eigenvalue weighted by Gasteiger charge is 2.25. The fourth-order valence-electron chi connectivity index (χ4n) is 1.33. The minimum absolute atomic E-state index is 0.0953. The van der Waals surface area contributed by atoms with Gasteiger partial charge in [-0.2, -0.15) is 0 Å². The van der Waals surface area contributed by atoms with E-state index in [-0.39, 0.29) is 6.10 Å². The summed E-state index contributed by atoms with van der Waals surface area (Å²) >= 11 is 0. The molecule has 0 spiro atoms. The normalized spacial score (nSPS) is 14.0. The third-order valence-electron chi connectivity index (χ3n) is 1.72. The van der Waals surface area contributed by atoms with Crippen molar-refractivity contribution < 1.29 is 13.2 Å². The van der Waals surface area contributed by atoms with Crippen molar-refractivity contribution in [3.8, 4) is 0 Å². The molecule has 0 atom stereocenters. The van der Waals surface area contributed by atoms with Crippen LogP contribution in [-0.2, 0) is 14.8 Å². The molecule has 0 amide bonds. The second-order valence-electron chi connectivity index (χ2n) is 4.45. The van der Waals surface area contributed by atoms with Crippen molar-refractivity contribution >= 4 is 10.0 Å². The van der Waals surface area contributed by atoms with E-state index in [1.54, 1.807) is 7.05 Å². The Balaban J connectivity index is 4.37. The average Bonchev–Trinajstić information content (AvgIpc) is 1.79. The molecule has 14 heavy (non-hydrogen) atoms. The number of sulfonamides is 1. The lowest BCUT2D eigenvalue weighted by Crippen LogP contribution is -2.42. The first-order valence-electron chi connectivity index (χ1n) is 4.64. The Morgan fingerprint density at radius 2 is 1.79 bits per heavy atom. The number of rotatable bonds is 5. The van der Waals surface area contributed by atoms with Crippen LogP contribution >= 0.6 is 0 Å². The Hall–Kier alpha value is -0.130. The molecule has 0 aliphatic heterocycles. The summed E-state index contributed by atoms with van der Waals surface area (Å²) in [5.74, 6) is 0. The van der Waals surface area contributed by atoms with E-state index in [4.69, 9.17) is 4.74 Å². The Kier molecular flexibility index (Phi) is 4.55. The Morgan fingerprint density at radius 1 is 1.36 bits per heavy atom. The standard InChI is InChI=1S/C9H21NO3S/c1-8(2)13-9(3,4)7-10(5)14(6,11)12/h8H,7H2,1-6H3. The van der Waals surface area contributed by atoms with Gasteiger partial charge in [0.05, 0.1) is 18.0 Å². The SMILES string of the molecule is CC(C)OC(C)(C)CN(C)S(C)(=O)=O. The summed E-state index contributed by atoms with van der Waals surface area (Å²) in [4.78, 5) is 0. The predicted octanol–water partition coefficient (Wildman–Crippen LogP) is 1.08. The molecule has 0 aromatic heterocycles. The topological polar surface area (TPSA) is 46.6 Å². The molecule has 86 valence electrons. The van der Waals surface area contributed by atoms with E-state index in [9.17, 15) is 8.42 Å². The van der Waals surface area contributed by atoms with Gasteiger partial charge in [0.25, 0.3) is 0 Å². The van der Waals surface area contributed by atoms with E-state index >= 15 is 0 Å². The molecule has 4 nitrogen and oxygen atoms in total. The maximum Gasteiger partial charge on any atom is 0.211 e. The van der Waals surface area contributed by atoms with Crippen LogP contribution in [0.15, 0.2) is 0 Å². The van der Waals surface area contributed by atoms with Gasteiger partial charge in [0.1, 0.15) is 0 Å². The number of nitrogens with zero attached hydrogens (tertiary/aromatic N) is 1. The molecular formula is C9H21NO3S. The van der Waals surface area contributed by atoms with Gasteiger partial charge >= 0.3 is 0 Å². The minimum atomic E-state index is -3.12. The number of likely N-dealkylation sites (N-methyl/N-ethyl adjacent to an activating group) is 1. The third-order valence-corrected chi connectivity index (χ3v) is 2.99. The fraction of sp³-hybridized carbons (Fsp3) is 1.00. The predicted molar refractivity (Wildman–Crippen MR) is 57.8 cm³/mol. The first-order valence-corrected chi connectivity index (χ1v) is 6.48. The molecule has 0 aliphatic carbocycles. The Bertz CT molecular complexity index is 270. The lowest BCUT2D eigenvalue weighted by atomic mass is 10.1. The van der Waals surface area contributed by atoms with Gasteiger partial charge in [0.15, 0.2) is 0 Å². The maximum atomic E-state index is 11.2. The number of hydrogen-bond donors (Lipinski definition) is 0. The van der Waals surface area contributed by atoms with Crippen molar-refractivity contribution in [2.24, 2.45) is 0 Å². The first-order chi connectivity index (χ1) is 6.04. The summed E-state index contributed by atoms with van der Waals surface area (Å²) < 4.78 is 29.2. The monoisotopic (exact) mass is 223 g/mol. The third kappa shape index (κ3) is 5.57. The van der Waals surface area contributed by atoms with Crippen molar-refractivity contribution in [2.45, 2.75) is 39.4 Å². The molecular weight excluding hydrogens is 202 g/mol. The van der Waals surface area contributed by atoms with Gasteiger partial charge in [-0.15, -0.1) is 0 Å². The van der Waals surface area contributed by atoms with Crippen LogP contribution in [0, 0.1) is 0 Å². The van der Waals surface area contributed by atoms with Crippen LogP contribution in [0.1, 0.15) is 27.7 Å². The van der Waals surface area contributed by atoms with Crippen molar-refractivity contribution in [3.05, 3.63) is 0 Å². The molecule has 0 bridgehead atoms. The summed E-state index contributed by atoms with van der Waals surface area (Å²) in [7, 11) is -1.56. The zero-order chi connectivity index (χ0) is 11.6. The lowest BCUT2D eigenvalue weighted by molar-refractivity contribution is -0.0614. The van der Waals surface area contributed by atoms with Crippen LogP contribution in [0.2, 0.25) is 0 Å². The highest BCUT2D eigenvalue weighted by molar-refractivity contribution is 7.88. The van der Waals surface area contributed by atoms with E-state index in [0.717, 1.165) is 0 Å². The maximum absolute atomic E-state index is 11.2. The van der Waals surface area contributed by atoms with Gasteiger partial charge in [-0.25, -0.2) is 12.7 Å². The molecule has 0 unspecified atom stereocenters. The van der Waals surface area contributed by atoms with Gasteiger partial charge in [-0.05, 0) is 27.7 Å². The highest BCUT2D eigenvalue weighted by Crippen LogP contribution is 2.14. The zero-order valence-electron chi connectivity index (χ0n) is 9.86. The number of hydrogen-bond acceptors (Lipinski definition) is 3. The van der Waals surface area contributed by atoms with Crippen molar-refractivity contribution in [1.82, 2.24) is 4.31 Å². The van der Waals surface area contributed by atoms with Crippen molar-refractivity contribution in [3.63, 3.8) is 0 Å². The fourth-order valence-corrected chi connectivity index (χ4v) is 1.87. The van der Waals surface area contributed by atoms with Gasteiger partial charge in [0, 0.05) is 13.6 Å². The zero-order valence-corrected chi connectivity index (χ0v) is 10.7. The molecule has 0 aliphatic rings. The second kappa shape index (κ2) is 4.59. The number of ether oxygens (including phenoxy) is 1. The van der Waals surface area contributed by atoms with Crippen LogP contribution in [0.25, 0.3) is 0 Å². The van der Waals surface area contributed by atoms with Crippen LogP contribution in [-0.4, -0.2) is 44.3 Å². The molecule has 5 heteroatoms. The Morgan fingerprint density at radius 3 is 2.07 bits per heavy atom. The second-order valence-corrected chi connectivity index (χ2v) is 6.53. The quantitative estimate of drug-likeness (QED) is 0.700. The molecule has 0 aromatic carbocycles. The van der Waals surface area contributed by atoms with Crippen molar-refractivity contribution in [1.29, 1.82) is 0 Å². The summed E-state index contributed by atoms with van der Waals surface area (Å²) in [6.07, 6.45) is 1.29. The molecule has 0 radical (unpaired) electrons. The summed E-state index contributed by atoms with van der Waals surface area (Å²) in [5, 5.41) is 0. The smallest absolute Gasteiger partial charge is 0.211 e. The van der Waals surface area contributed by atoms with Crippen LogP contribution in [0.4, 0.5) is 0 Å². The molecule has 0 fully saturated rings. The van der Waals surface area contributed by atoms with E-state index < -0.39 is 15.6 Å². The molecule has 0 rings (SSSR count).